The number of aromatic nitrogens is 2. The van der Waals surface area contributed by atoms with Gasteiger partial charge in [-0.25, -0.2) is 0 Å². The molecule has 0 radical (unpaired) electrons. The number of fused-ring (bicyclic) bond motifs is 1. The van der Waals surface area contributed by atoms with Crippen molar-refractivity contribution in [1.29, 1.82) is 0 Å². The Morgan fingerprint density at radius 1 is 1.50 bits per heavy atom. The molecule has 0 spiro atoms. The Kier molecular flexibility index (Phi) is 2.71. The smallest absolute Gasteiger partial charge is 0.240 e. The molecule has 0 aliphatic heterocycles. The molecule has 0 fully saturated rings. The number of rotatable bonds is 2. The van der Waals surface area contributed by atoms with Gasteiger partial charge in [0.1, 0.15) is 0 Å². The van der Waals surface area contributed by atoms with Crippen LogP contribution in [-0.2, 0) is 4.79 Å². The van der Waals surface area contributed by atoms with Crippen molar-refractivity contribution in [3.8, 4) is 0 Å². The van der Waals surface area contributed by atoms with E-state index in [0.717, 1.165) is 16.6 Å². The van der Waals surface area contributed by atoms with Gasteiger partial charge in [0.2, 0.25) is 5.91 Å². The predicted octanol–water partition coefficient (Wildman–Crippen LogP) is 2.67. The standard InChI is InChI=1S/C11H12BrN3O/c1-11(2,12)10(16)14-8-4-3-7-6-13-15-9(7)5-8/h3-6H,1-2H3,(H,13,15)(H,14,16). The third-order valence-corrected chi connectivity index (χ3v) is 2.60. The Morgan fingerprint density at radius 3 is 2.94 bits per heavy atom. The number of anilines is 1. The van der Waals surface area contributed by atoms with Crippen molar-refractivity contribution in [3.05, 3.63) is 24.4 Å². The van der Waals surface area contributed by atoms with Crippen molar-refractivity contribution in [2.24, 2.45) is 0 Å². The topological polar surface area (TPSA) is 57.8 Å². The highest BCUT2D eigenvalue weighted by molar-refractivity contribution is 9.10. The van der Waals surface area contributed by atoms with Crippen LogP contribution in [0.3, 0.4) is 0 Å². The Morgan fingerprint density at radius 2 is 2.25 bits per heavy atom. The number of aromatic amines is 1. The third kappa shape index (κ3) is 2.24. The van der Waals surface area contributed by atoms with Gasteiger partial charge in [0.15, 0.2) is 0 Å². The first-order chi connectivity index (χ1) is 7.47. The van der Waals surface area contributed by atoms with Gasteiger partial charge in [-0.1, -0.05) is 15.9 Å². The maximum absolute atomic E-state index is 11.7. The molecular weight excluding hydrogens is 270 g/mol. The average molecular weight is 282 g/mol. The fraction of sp³-hybridized carbons (Fsp3) is 0.273. The van der Waals surface area contributed by atoms with Crippen molar-refractivity contribution >= 4 is 38.4 Å². The van der Waals surface area contributed by atoms with Crippen LogP contribution in [-0.4, -0.2) is 20.4 Å². The maximum Gasteiger partial charge on any atom is 0.240 e. The first kappa shape index (κ1) is 11.1. The van der Waals surface area contributed by atoms with Gasteiger partial charge in [-0.15, -0.1) is 0 Å². The number of amides is 1. The molecule has 1 heterocycles. The van der Waals surface area contributed by atoms with Crippen molar-refractivity contribution in [3.63, 3.8) is 0 Å². The van der Waals surface area contributed by atoms with Gasteiger partial charge in [-0.3, -0.25) is 9.89 Å². The van der Waals surface area contributed by atoms with Crippen LogP contribution in [0.25, 0.3) is 10.9 Å². The SMILES string of the molecule is CC(C)(Br)C(=O)Nc1ccc2cn[nH]c2c1. The average Bonchev–Trinajstić information content (AvgIpc) is 2.63. The summed E-state index contributed by atoms with van der Waals surface area (Å²) in [5.74, 6) is -0.0774. The molecule has 0 saturated carbocycles. The predicted molar refractivity (Wildman–Crippen MR) is 67.7 cm³/mol. The molecule has 1 amide bonds. The lowest BCUT2D eigenvalue weighted by Gasteiger charge is -2.15. The number of benzene rings is 1. The van der Waals surface area contributed by atoms with E-state index in [1.54, 1.807) is 20.0 Å². The summed E-state index contributed by atoms with van der Waals surface area (Å²) in [5.41, 5.74) is 1.67. The number of hydrogen-bond donors (Lipinski definition) is 2. The summed E-state index contributed by atoms with van der Waals surface area (Å²) in [4.78, 5) is 11.7. The molecule has 16 heavy (non-hydrogen) atoms. The van der Waals surface area contributed by atoms with Gasteiger partial charge in [-0.2, -0.15) is 5.10 Å². The summed E-state index contributed by atoms with van der Waals surface area (Å²) in [5, 5.41) is 10.6. The van der Waals surface area contributed by atoms with Crippen molar-refractivity contribution < 1.29 is 4.79 Å². The second kappa shape index (κ2) is 3.90. The number of halogens is 1. The third-order valence-electron chi connectivity index (χ3n) is 2.24. The van der Waals surface area contributed by atoms with E-state index in [-0.39, 0.29) is 5.91 Å². The Balaban J connectivity index is 2.24. The molecule has 2 aromatic rings. The molecule has 0 atom stereocenters. The molecule has 0 aliphatic rings. The first-order valence-corrected chi connectivity index (χ1v) is 5.69. The zero-order valence-corrected chi connectivity index (χ0v) is 10.6. The molecule has 0 bridgehead atoms. The van der Waals surface area contributed by atoms with E-state index in [1.165, 1.54) is 0 Å². The zero-order valence-electron chi connectivity index (χ0n) is 9.04. The number of nitrogens with zero attached hydrogens (tertiary/aromatic N) is 1. The van der Waals surface area contributed by atoms with Crippen LogP contribution >= 0.6 is 15.9 Å². The Labute approximate surface area is 102 Å². The monoisotopic (exact) mass is 281 g/mol. The second-order valence-electron chi connectivity index (χ2n) is 4.10. The van der Waals surface area contributed by atoms with E-state index >= 15 is 0 Å². The number of H-pyrrole nitrogens is 1. The minimum atomic E-state index is -0.573. The molecule has 0 unspecified atom stereocenters. The number of carbonyl (C=O) groups is 1. The van der Waals surface area contributed by atoms with Gasteiger partial charge in [-0.05, 0) is 32.0 Å². The van der Waals surface area contributed by atoms with Crippen LogP contribution in [0.4, 0.5) is 5.69 Å². The summed E-state index contributed by atoms with van der Waals surface area (Å²) in [6.07, 6.45) is 1.75. The van der Waals surface area contributed by atoms with E-state index < -0.39 is 4.32 Å². The molecule has 2 rings (SSSR count). The minimum absolute atomic E-state index is 0.0774. The highest BCUT2D eigenvalue weighted by atomic mass is 79.9. The number of nitrogens with one attached hydrogen (secondary N) is 2. The highest BCUT2D eigenvalue weighted by Crippen LogP contribution is 2.21. The maximum atomic E-state index is 11.7. The normalized spacial score (nSPS) is 11.7. The molecule has 0 saturated heterocycles. The van der Waals surface area contributed by atoms with Crippen molar-refractivity contribution in [2.45, 2.75) is 18.2 Å². The van der Waals surface area contributed by atoms with Gasteiger partial charge in [0.05, 0.1) is 16.0 Å². The second-order valence-corrected chi connectivity index (χ2v) is 6.08. The van der Waals surface area contributed by atoms with Crippen LogP contribution in [0.1, 0.15) is 13.8 Å². The fourth-order valence-electron chi connectivity index (χ4n) is 1.29. The lowest BCUT2D eigenvalue weighted by atomic mass is 10.2. The van der Waals surface area contributed by atoms with Gasteiger partial charge in [0, 0.05) is 11.1 Å². The zero-order chi connectivity index (χ0) is 11.8. The Bertz CT molecular complexity index is 527. The summed E-state index contributed by atoms with van der Waals surface area (Å²) < 4.78 is -0.573. The molecule has 5 heteroatoms. The minimum Gasteiger partial charge on any atom is -0.325 e. The van der Waals surface area contributed by atoms with Crippen LogP contribution in [0.2, 0.25) is 0 Å². The van der Waals surface area contributed by atoms with Crippen molar-refractivity contribution in [2.75, 3.05) is 5.32 Å². The molecule has 1 aromatic carbocycles. The van der Waals surface area contributed by atoms with Crippen LogP contribution in [0.15, 0.2) is 24.4 Å². The first-order valence-electron chi connectivity index (χ1n) is 4.90. The van der Waals surface area contributed by atoms with Crippen LogP contribution in [0, 0.1) is 0 Å². The molecule has 4 nitrogen and oxygen atoms in total. The van der Waals surface area contributed by atoms with Gasteiger partial charge in [0.25, 0.3) is 0 Å². The number of carbonyl (C=O) groups excluding carboxylic acids is 1. The van der Waals surface area contributed by atoms with Gasteiger partial charge < -0.3 is 5.32 Å². The summed E-state index contributed by atoms with van der Waals surface area (Å²) >= 11 is 3.31. The Hall–Kier alpha value is -1.36. The molecule has 0 aliphatic carbocycles. The van der Waals surface area contributed by atoms with Crippen molar-refractivity contribution in [1.82, 2.24) is 10.2 Å². The largest absolute Gasteiger partial charge is 0.325 e. The summed E-state index contributed by atoms with van der Waals surface area (Å²) in [6, 6.07) is 5.63. The lowest BCUT2D eigenvalue weighted by Crippen LogP contribution is -2.30. The molecule has 84 valence electrons. The van der Waals surface area contributed by atoms with Crippen LogP contribution < -0.4 is 5.32 Å². The number of hydrogen-bond acceptors (Lipinski definition) is 2. The quantitative estimate of drug-likeness (QED) is 0.832. The number of alkyl halides is 1. The van der Waals surface area contributed by atoms with E-state index in [2.05, 4.69) is 31.4 Å². The molecule has 2 N–H and O–H groups in total. The van der Waals surface area contributed by atoms with Crippen LogP contribution in [0.5, 0.6) is 0 Å². The summed E-state index contributed by atoms with van der Waals surface area (Å²) in [6.45, 7) is 3.61. The fourth-order valence-corrected chi connectivity index (χ4v) is 1.39. The van der Waals surface area contributed by atoms with E-state index in [0.29, 0.717) is 0 Å². The lowest BCUT2D eigenvalue weighted by molar-refractivity contribution is -0.117. The molecule has 1 aromatic heterocycles. The summed E-state index contributed by atoms with van der Waals surface area (Å²) in [7, 11) is 0. The van der Waals surface area contributed by atoms with Gasteiger partial charge >= 0.3 is 0 Å². The van der Waals surface area contributed by atoms with E-state index in [4.69, 9.17) is 0 Å². The van der Waals surface area contributed by atoms with E-state index in [1.807, 2.05) is 18.2 Å². The highest BCUT2D eigenvalue weighted by Gasteiger charge is 2.23. The molecular formula is C11H12BrN3O. The van der Waals surface area contributed by atoms with E-state index in [9.17, 15) is 4.79 Å².